The third-order valence-electron chi connectivity index (χ3n) is 4.52. The Morgan fingerprint density at radius 1 is 1.35 bits per heavy atom. The molecule has 1 rings (SSSR count). The SMILES string of the molecule is CCNC(=NCC(O)(CC)CC)N1CCCC(C(=O)OCC)C1. The molecule has 1 fully saturated rings. The van der Waals surface area contributed by atoms with Crippen molar-refractivity contribution in [2.75, 3.05) is 32.8 Å². The monoisotopic (exact) mass is 327 g/mol. The van der Waals surface area contributed by atoms with E-state index >= 15 is 0 Å². The van der Waals surface area contributed by atoms with Gasteiger partial charge in [-0.15, -0.1) is 0 Å². The molecule has 0 aromatic carbocycles. The molecular formula is C17H33N3O3. The largest absolute Gasteiger partial charge is 0.466 e. The fourth-order valence-electron chi connectivity index (χ4n) is 2.74. The second kappa shape index (κ2) is 9.75. The molecule has 0 amide bonds. The molecule has 0 aromatic rings. The van der Waals surface area contributed by atoms with E-state index in [-0.39, 0.29) is 11.9 Å². The maximum atomic E-state index is 12.0. The van der Waals surface area contributed by atoms with Gasteiger partial charge in [0.05, 0.1) is 24.7 Å². The molecular weight excluding hydrogens is 294 g/mol. The van der Waals surface area contributed by atoms with Crippen molar-refractivity contribution in [2.24, 2.45) is 10.9 Å². The van der Waals surface area contributed by atoms with Crippen molar-refractivity contribution in [3.05, 3.63) is 0 Å². The normalized spacial score (nSPS) is 19.6. The summed E-state index contributed by atoms with van der Waals surface area (Å²) in [6, 6.07) is 0. The van der Waals surface area contributed by atoms with Crippen molar-refractivity contribution in [3.8, 4) is 0 Å². The van der Waals surface area contributed by atoms with E-state index in [0.717, 1.165) is 31.9 Å². The summed E-state index contributed by atoms with van der Waals surface area (Å²) in [5, 5.41) is 13.7. The van der Waals surface area contributed by atoms with E-state index in [1.54, 1.807) is 0 Å². The lowest BCUT2D eigenvalue weighted by molar-refractivity contribution is -0.149. The molecule has 6 nitrogen and oxygen atoms in total. The predicted octanol–water partition coefficient (Wildman–Crippen LogP) is 1.78. The standard InChI is InChI=1S/C17H33N3O3/c1-5-17(22,6-2)13-19-16(18-7-3)20-11-9-10-14(12-20)15(21)23-8-4/h14,22H,5-13H2,1-4H3,(H,18,19). The van der Waals surface area contributed by atoms with Gasteiger partial charge in [0.1, 0.15) is 0 Å². The molecule has 0 radical (unpaired) electrons. The van der Waals surface area contributed by atoms with Crippen molar-refractivity contribution < 1.29 is 14.6 Å². The van der Waals surface area contributed by atoms with Gasteiger partial charge in [-0.3, -0.25) is 9.79 Å². The molecule has 1 atom stereocenters. The zero-order valence-electron chi connectivity index (χ0n) is 15.1. The molecule has 2 N–H and O–H groups in total. The first-order valence-corrected chi connectivity index (χ1v) is 8.91. The number of piperidine rings is 1. The van der Waals surface area contributed by atoms with Crippen LogP contribution < -0.4 is 5.32 Å². The average Bonchev–Trinajstić information content (AvgIpc) is 2.58. The van der Waals surface area contributed by atoms with E-state index in [2.05, 4.69) is 15.2 Å². The summed E-state index contributed by atoms with van der Waals surface area (Å²) in [6.07, 6.45) is 3.16. The van der Waals surface area contributed by atoms with E-state index in [1.165, 1.54) is 0 Å². The number of nitrogens with one attached hydrogen (secondary N) is 1. The van der Waals surface area contributed by atoms with Crippen molar-refractivity contribution in [3.63, 3.8) is 0 Å². The summed E-state index contributed by atoms with van der Waals surface area (Å²) < 4.78 is 5.15. The molecule has 134 valence electrons. The minimum absolute atomic E-state index is 0.0937. The fraction of sp³-hybridized carbons (Fsp3) is 0.882. The van der Waals surface area contributed by atoms with Gasteiger partial charge in [0.2, 0.25) is 0 Å². The van der Waals surface area contributed by atoms with Crippen molar-refractivity contribution in [1.29, 1.82) is 0 Å². The second-order valence-corrected chi connectivity index (χ2v) is 6.14. The smallest absolute Gasteiger partial charge is 0.310 e. The molecule has 0 saturated carbocycles. The third kappa shape index (κ3) is 6.01. The maximum Gasteiger partial charge on any atom is 0.310 e. The van der Waals surface area contributed by atoms with Crippen molar-refractivity contribution in [1.82, 2.24) is 10.2 Å². The Morgan fingerprint density at radius 2 is 2.04 bits per heavy atom. The number of aliphatic hydroxyl groups is 1. The van der Waals surface area contributed by atoms with Gasteiger partial charge in [-0.2, -0.15) is 0 Å². The minimum atomic E-state index is -0.753. The number of likely N-dealkylation sites (tertiary alicyclic amines) is 1. The predicted molar refractivity (Wildman–Crippen MR) is 92.4 cm³/mol. The van der Waals surface area contributed by atoms with Crippen LogP contribution in [0.25, 0.3) is 0 Å². The van der Waals surface area contributed by atoms with Crippen molar-refractivity contribution in [2.45, 2.75) is 59.0 Å². The van der Waals surface area contributed by atoms with Crippen LogP contribution in [-0.4, -0.2) is 60.3 Å². The van der Waals surface area contributed by atoms with Crippen LogP contribution >= 0.6 is 0 Å². The summed E-state index contributed by atoms with van der Waals surface area (Å²) >= 11 is 0. The number of hydrogen-bond donors (Lipinski definition) is 2. The number of esters is 1. The summed E-state index contributed by atoms with van der Waals surface area (Å²) in [5.74, 6) is 0.567. The highest BCUT2D eigenvalue weighted by Crippen LogP contribution is 2.19. The number of guanidine groups is 1. The Balaban J connectivity index is 2.77. The van der Waals surface area contributed by atoms with Gasteiger partial charge in [-0.05, 0) is 39.5 Å². The van der Waals surface area contributed by atoms with E-state index in [9.17, 15) is 9.90 Å². The maximum absolute atomic E-state index is 12.0. The minimum Gasteiger partial charge on any atom is -0.466 e. The highest BCUT2D eigenvalue weighted by molar-refractivity contribution is 5.81. The Hall–Kier alpha value is -1.30. The van der Waals surface area contributed by atoms with Gasteiger partial charge in [0.15, 0.2) is 5.96 Å². The summed E-state index contributed by atoms with van der Waals surface area (Å²) in [4.78, 5) is 18.7. The van der Waals surface area contributed by atoms with Crippen LogP contribution in [0.1, 0.15) is 53.4 Å². The molecule has 1 aliphatic rings. The number of carbonyl (C=O) groups excluding carboxylic acids is 1. The summed E-state index contributed by atoms with van der Waals surface area (Å²) in [6.45, 7) is 10.9. The zero-order chi connectivity index (χ0) is 17.3. The molecule has 6 heteroatoms. The highest BCUT2D eigenvalue weighted by Gasteiger charge is 2.29. The van der Waals surface area contributed by atoms with E-state index in [4.69, 9.17) is 4.74 Å². The van der Waals surface area contributed by atoms with Gasteiger partial charge >= 0.3 is 5.97 Å². The number of ether oxygens (including phenoxy) is 1. The van der Waals surface area contributed by atoms with Gasteiger partial charge in [0.25, 0.3) is 0 Å². The molecule has 0 aliphatic carbocycles. The molecule has 1 heterocycles. The number of aliphatic imine (C=N–C) groups is 1. The summed E-state index contributed by atoms with van der Waals surface area (Å²) in [7, 11) is 0. The Morgan fingerprint density at radius 3 is 2.61 bits per heavy atom. The summed E-state index contributed by atoms with van der Waals surface area (Å²) in [5.41, 5.74) is -0.753. The Labute approximate surface area is 140 Å². The lowest BCUT2D eigenvalue weighted by Crippen LogP contribution is -2.49. The molecule has 23 heavy (non-hydrogen) atoms. The lowest BCUT2D eigenvalue weighted by atomic mass is 9.97. The van der Waals surface area contributed by atoms with Crippen LogP contribution in [0.5, 0.6) is 0 Å². The van der Waals surface area contributed by atoms with E-state index < -0.39 is 5.60 Å². The van der Waals surface area contributed by atoms with Crippen molar-refractivity contribution >= 4 is 11.9 Å². The molecule has 0 bridgehead atoms. The van der Waals surface area contributed by atoms with Crippen LogP contribution in [0.4, 0.5) is 0 Å². The molecule has 0 spiro atoms. The second-order valence-electron chi connectivity index (χ2n) is 6.14. The first-order valence-electron chi connectivity index (χ1n) is 8.91. The number of carbonyl (C=O) groups is 1. The van der Waals surface area contributed by atoms with Gasteiger partial charge in [0, 0.05) is 19.6 Å². The van der Waals surface area contributed by atoms with Gasteiger partial charge in [-0.25, -0.2) is 0 Å². The van der Waals surface area contributed by atoms with Gasteiger partial charge < -0.3 is 20.1 Å². The number of hydrogen-bond acceptors (Lipinski definition) is 4. The number of nitrogens with zero attached hydrogens (tertiary/aromatic N) is 2. The highest BCUT2D eigenvalue weighted by atomic mass is 16.5. The first kappa shape index (κ1) is 19.7. The van der Waals surface area contributed by atoms with E-state index in [1.807, 2.05) is 27.7 Å². The third-order valence-corrected chi connectivity index (χ3v) is 4.52. The van der Waals surface area contributed by atoms with Crippen LogP contribution in [0, 0.1) is 5.92 Å². The van der Waals surface area contributed by atoms with Crippen LogP contribution in [0.2, 0.25) is 0 Å². The lowest BCUT2D eigenvalue weighted by Gasteiger charge is -2.34. The average molecular weight is 327 g/mol. The molecule has 1 aliphatic heterocycles. The van der Waals surface area contributed by atoms with Gasteiger partial charge in [-0.1, -0.05) is 13.8 Å². The Kier molecular flexibility index (Phi) is 8.37. The van der Waals surface area contributed by atoms with Crippen LogP contribution in [0.3, 0.4) is 0 Å². The van der Waals surface area contributed by atoms with Crippen LogP contribution in [0.15, 0.2) is 4.99 Å². The quantitative estimate of drug-likeness (QED) is 0.423. The Bertz CT molecular complexity index is 395. The molecule has 1 unspecified atom stereocenters. The number of rotatable bonds is 7. The first-order chi connectivity index (χ1) is 11.0. The zero-order valence-corrected chi connectivity index (χ0v) is 15.1. The fourth-order valence-corrected chi connectivity index (χ4v) is 2.74. The molecule has 1 saturated heterocycles. The van der Waals surface area contributed by atoms with Crippen LogP contribution in [-0.2, 0) is 9.53 Å². The topological polar surface area (TPSA) is 74.2 Å². The van der Waals surface area contributed by atoms with E-state index in [0.29, 0.717) is 32.5 Å². The molecule has 0 aromatic heterocycles.